The fourth-order valence-electron chi connectivity index (χ4n) is 4.09. The van der Waals surface area contributed by atoms with Gasteiger partial charge in [-0.3, -0.25) is 9.89 Å². The van der Waals surface area contributed by atoms with Crippen LogP contribution in [0, 0.1) is 0 Å². The van der Waals surface area contributed by atoms with E-state index in [1.54, 1.807) is 30.5 Å². The molecule has 1 aliphatic heterocycles. The van der Waals surface area contributed by atoms with Crippen molar-refractivity contribution in [2.24, 2.45) is 0 Å². The number of nitrogens with two attached hydrogens (primary N) is 1. The van der Waals surface area contributed by atoms with Gasteiger partial charge in [0, 0.05) is 35.2 Å². The molecule has 3 heterocycles. The van der Waals surface area contributed by atoms with Crippen LogP contribution in [0.2, 0.25) is 5.02 Å². The maximum Gasteiger partial charge on any atom is 0.251 e. The molecule has 5 N–H and O–H groups in total. The van der Waals surface area contributed by atoms with E-state index in [9.17, 15) is 4.79 Å². The summed E-state index contributed by atoms with van der Waals surface area (Å²) in [6.07, 6.45) is 3.73. The number of benzene rings is 2. The molecule has 1 amide bonds. The number of halogens is 1. The van der Waals surface area contributed by atoms with Crippen molar-refractivity contribution in [3.63, 3.8) is 0 Å². The standard InChI is InChI=1S/C25H25ClN8O/c26-19-9-2-1-5-17(19)13-30-25(35)16-7-3-6-15(11-16)20-14-29-22(27)21(31-20)24-32-23(33-34-24)18-8-4-10-28-12-18/h1-3,5-7,9,11,14,18,28H,4,8,10,12-13H2,(H2,27,29)(H,30,35)(H,32,33,34)/t18-/m0/s1. The minimum absolute atomic E-state index is 0.213. The number of piperidine rings is 1. The number of nitrogens with zero attached hydrogens (tertiary/aromatic N) is 4. The van der Waals surface area contributed by atoms with Crippen LogP contribution in [-0.4, -0.2) is 44.1 Å². The molecule has 1 fully saturated rings. The van der Waals surface area contributed by atoms with E-state index in [-0.39, 0.29) is 17.6 Å². The lowest BCUT2D eigenvalue weighted by molar-refractivity contribution is 0.0951. The fourth-order valence-corrected chi connectivity index (χ4v) is 4.29. The molecule has 178 valence electrons. The van der Waals surface area contributed by atoms with E-state index in [1.165, 1.54) is 0 Å². The van der Waals surface area contributed by atoms with Crippen LogP contribution < -0.4 is 16.4 Å². The number of hydrogen-bond acceptors (Lipinski definition) is 7. The highest BCUT2D eigenvalue weighted by Gasteiger charge is 2.21. The molecule has 1 atom stereocenters. The molecule has 4 aromatic rings. The molecule has 0 aliphatic carbocycles. The highest BCUT2D eigenvalue weighted by atomic mass is 35.5. The summed E-state index contributed by atoms with van der Waals surface area (Å²) in [6, 6.07) is 14.6. The summed E-state index contributed by atoms with van der Waals surface area (Å²) in [4.78, 5) is 26.4. The molecule has 2 aromatic heterocycles. The van der Waals surface area contributed by atoms with Gasteiger partial charge < -0.3 is 16.4 Å². The lowest BCUT2D eigenvalue weighted by Crippen LogP contribution is -2.28. The van der Waals surface area contributed by atoms with Crippen LogP contribution in [-0.2, 0) is 6.54 Å². The second-order valence-electron chi connectivity index (χ2n) is 8.43. The number of amides is 1. The Kier molecular flexibility index (Phi) is 6.69. The normalized spacial score (nSPS) is 15.6. The highest BCUT2D eigenvalue weighted by Crippen LogP contribution is 2.27. The van der Waals surface area contributed by atoms with Crippen molar-refractivity contribution in [1.29, 1.82) is 0 Å². The van der Waals surface area contributed by atoms with Crippen molar-refractivity contribution < 1.29 is 4.79 Å². The Morgan fingerprint density at radius 2 is 2.06 bits per heavy atom. The number of H-pyrrole nitrogens is 1. The highest BCUT2D eigenvalue weighted by molar-refractivity contribution is 6.31. The quantitative estimate of drug-likeness (QED) is 0.326. The van der Waals surface area contributed by atoms with E-state index in [1.807, 2.05) is 24.3 Å². The van der Waals surface area contributed by atoms with Crippen LogP contribution in [0.5, 0.6) is 0 Å². The summed E-state index contributed by atoms with van der Waals surface area (Å²) in [7, 11) is 0. The van der Waals surface area contributed by atoms with E-state index < -0.39 is 0 Å². The molecule has 9 nitrogen and oxygen atoms in total. The number of anilines is 1. The number of carbonyl (C=O) groups excluding carboxylic acids is 1. The zero-order valence-corrected chi connectivity index (χ0v) is 19.7. The summed E-state index contributed by atoms with van der Waals surface area (Å²) < 4.78 is 0. The molecule has 0 radical (unpaired) electrons. The van der Waals surface area contributed by atoms with Crippen LogP contribution >= 0.6 is 11.6 Å². The third-order valence-electron chi connectivity index (χ3n) is 6.02. The van der Waals surface area contributed by atoms with Gasteiger partial charge in [0.1, 0.15) is 5.82 Å². The van der Waals surface area contributed by atoms with Crippen molar-refractivity contribution in [1.82, 2.24) is 35.8 Å². The molecule has 0 unspecified atom stereocenters. The molecule has 2 aromatic carbocycles. The summed E-state index contributed by atoms with van der Waals surface area (Å²) >= 11 is 6.19. The monoisotopic (exact) mass is 488 g/mol. The molecule has 10 heteroatoms. The number of nitrogens with one attached hydrogen (secondary N) is 3. The van der Waals surface area contributed by atoms with E-state index in [0.29, 0.717) is 34.3 Å². The minimum atomic E-state index is -0.213. The number of aromatic amines is 1. The first-order valence-electron chi connectivity index (χ1n) is 11.5. The van der Waals surface area contributed by atoms with Crippen molar-refractivity contribution in [3.8, 4) is 22.8 Å². The minimum Gasteiger partial charge on any atom is -0.382 e. The van der Waals surface area contributed by atoms with Gasteiger partial charge >= 0.3 is 0 Å². The SMILES string of the molecule is Nc1ncc(-c2cccc(C(=O)NCc3ccccc3Cl)c2)nc1-c1n[nH]c([C@H]2CCCNC2)n1. The van der Waals surface area contributed by atoms with Crippen molar-refractivity contribution >= 4 is 23.3 Å². The van der Waals surface area contributed by atoms with Crippen LogP contribution in [0.25, 0.3) is 22.8 Å². The third-order valence-corrected chi connectivity index (χ3v) is 6.39. The van der Waals surface area contributed by atoms with Crippen LogP contribution in [0.4, 0.5) is 5.82 Å². The second-order valence-corrected chi connectivity index (χ2v) is 8.84. The van der Waals surface area contributed by atoms with Gasteiger partial charge in [0.25, 0.3) is 5.91 Å². The Labute approximate surface area is 207 Å². The average Bonchev–Trinajstić information content (AvgIpc) is 3.39. The lowest BCUT2D eigenvalue weighted by Gasteiger charge is -2.20. The fraction of sp³-hybridized carbons (Fsp3) is 0.240. The van der Waals surface area contributed by atoms with Gasteiger partial charge in [0.2, 0.25) is 5.82 Å². The Morgan fingerprint density at radius 3 is 2.89 bits per heavy atom. The molecule has 1 saturated heterocycles. The second kappa shape index (κ2) is 10.2. The number of hydrogen-bond donors (Lipinski definition) is 4. The first-order chi connectivity index (χ1) is 17.1. The third kappa shape index (κ3) is 5.16. The maximum atomic E-state index is 12.8. The zero-order chi connectivity index (χ0) is 24.2. The zero-order valence-electron chi connectivity index (χ0n) is 19.0. The topological polar surface area (TPSA) is 134 Å². The number of aromatic nitrogens is 5. The van der Waals surface area contributed by atoms with Crippen molar-refractivity contribution in [3.05, 3.63) is 76.7 Å². The Balaban J connectivity index is 1.36. The molecule has 0 bridgehead atoms. The lowest BCUT2D eigenvalue weighted by atomic mass is 9.99. The first kappa shape index (κ1) is 22.9. The molecule has 35 heavy (non-hydrogen) atoms. The maximum absolute atomic E-state index is 12.8. The van der Waals surface area contributed by atoms with E-state index in [2.05, 4.69) is 35.8 Å². The molecular weight excluding hydrogens is 464 g/mol. The van der Waals surface area contributed by atoms with Crippen molar-refractivity contribution in [2.75, 3.05) is 18.8 Å². The van der Waals surface area contributed by atoms with Gasteiger partial charge in [-0.25, -0.2) is 15.0 Å². The average molecular weight is 489 g/mol. The number of rotatable bonds is 6. The molecule has 0 spiro atoms. The molecule has 1 aliphatic rings. The Bertz CT molecular complexity index is 1350. The van der Waals surface area contributed by atoms with Crippen LogP contribution in [0.1, 0.15) is 40.5 Å². The van der Waals surface area contributed by atoms with Gasteiger partial charge in [-0.05, 0) is 43.1 Å². The number of carbonyl (C=O) groups is 1. The van der Waals surface area contributed by atoms with Gasteiger partial charge in [-0.2, -0.15) is 5.10 Å². The van der Waals surface area contributed by atoms with E-state index in [0.717, 1.165) is 42.9 Å². The molecule has 0 saturated carbocycles. The number of nitrogen functional groups attached to an aromatic ring is 1. The Hall–Kier alpha value is -3.82. The van der Waals surface area contributed by atoms with Gasteiger partial charge in [-0.1, -0.05) is 41.9 Å². The van der Waals surface area contributed by atoms with Gasteiger partial charge in [0.05, 0.1) is 11.9 Å². The van der Waals surface area contributed by atoms with E-state index >= 15 is 0 Å². The van der Waals surface area contributed by atoms with Crippen molar-refractivity contribution in [2.45, 2.75) is 25.3 Å². The molecular formula is C25H25ClN8O. The van der Waals surface area contributed by atoms with Gasteiger partial charge in [0.15, 0.2) is 11.5 Å². The summed E-state index contributed by atoms with van der Waals surface area (Å²) in [6.45, 7) is 2.22. The van der Waals surface area contributed by atoms with Crippen LogP contribution in [0.15, 0.2) is 54.7 Å². The molecule has 5 rings (SSSR count). The largest absolute Gasteiger partial charge is 0.382 e. The van der Waals surface area contributed by atoms with Crippen LogP contribution in [0.3, 0.4) is 0 Å². The first-order valence-corrected chi connectivity index (χ1v) is 11.8. The van der Waals surface area contributed by atoms with E-state index in [4.69, 9.17) is 17.3 Å². The van der Waals surface area contributed by atoms with Gasteiger partial charge in [-0.15, -0.1) is 0 Å². The summed E-state index contributed by atoms with van der Waals surface area (Å²) in [5.74, 6) is 1.54. The Morgan fingerprint density at radius 1 is 1.17 bits per heavy atom. The predicted molar refractivity (Wildman–Crippen MR) is 135 cm³/mol. The summed E-state index contributed by atoms with van der Waals surface area (Å²) in [5.41, 5.74) is 9.17. The smallest absolute Gasteiger partial charge is 0.251 e. The predicted octanol–water partition coefficient (Wildman–Crippen LogP) is 3.56. The summed E-state index contributed by atoms with van der Waals surface area (Å²) in [5, 5.41) is 14.3.